The normalized spacial score (nSPS) is 18.7. The van der Waals surface area contributed by atoms with E-state index < -0.39 is 17.5 Å². The first-order chi connectivity index (χ1) is 10.0. The van der Waals surface area contributed by atoms with E-state index in [-0.39, 0.29) is 11.7 Å². The Bertz CT molecular complexity index is 471. The molecule has 5 heteroatoms. The fraction of sp³-hybridized carbons (Fsp3) is 0.625. The summed E-state index contributed by atoms with van der Waals surface area (Å²) in [5.41, 5.74) is -0.0870. The van der Waals surface area contributed by atoms with Gasteiger partial charge >= 0.3 is 0 Å². The van der Waals surface area contributed by atoms with Crippen LogP contribution < -0.4 is 5.32 Å². The Hall–Kier alpha value is -1.23. The molecule has 0 radical (unpaired) electrons. The van der Waals surface area contributed by atoms with Crippen LogP contribution in [0.5, 0.6) is 0 Å². The Balaban J connectivity index is 1.95. The quantitative estimate of drug-likeness (QED) is 0.826. The number of hydrogen-bond acceptors (Lipinski definition) is 2. The number of rotatable bonds is 5. The molecule has 0 saturated carbocycles. The number of hydrogen-bond donors (Lipinski definition) is 1. The average molecular weight is 300 g/mol. The number of nitrogens with one attached hydrogen (secondary N) is 1. The lowest BCUT2D eigenvalue weighted by molar-refractivity contribution is 0.176. The van der Waals surface area contributed by atoms with Gasteiger partial charge in [-0.2, -0.15) is 0 Å². The van der Waals surface area contributed by atoms with Crippen LogP contribution in [0.15, 0.2) is 12.1 Å². The van der Waals surface area contributed by atoms with E-state index in [9.17, 15) is 13.2 Å². The minimum absolute atomic E-state index is 0.00974. The standard InChI is InChI=1S/C16H23F3N2/c1-3-6-21-7-4-12(5-8-21)11(2)20-15-10-13(17)9-14(18)16(15)19/h9-12,20H,3-8H2,1-2H3. The Labute approximate surface area is 124 Å². The van der Waals surface area contributed by atoms with Crippen molar-refractivity contribution < 1.29 is 13.2 Å². The van der Waals surface area contributed by atoms with Gasteiger partial charge in [0.2, 0.25) is 0 Å². The average Bonchev–Trinajstić information content (AvgIpc) is 2.45. The molecule has 0 aromatic heterocycles. The van der Waals surface area contributed by atoms with E-state index in [1.54, 1.807) is 0 Å². The zero-order valence-electron chi connectivity index (χ0n) is 12.6. The summed E-state index contributed by atoms with van der Waals surface area (Å²) in [7, 11) is 0. The van der Waals surface area contributed by atoms with Crippen LogP contribution >= 0.6 is 0 Å². The third kappa shape index (κ3) is 4.13. The molecule has 1 saturated heterocycles. The molecule has 1 aromatic carbocycles. The van der Waals surface area contributed by atoms with Crippen molar-refractivity contribution in [3.63, 3.8) is 0 Å². The van der Waals surface area contributed by atoms with Gasteiger partial charge in [0.1, 0.15) is 5.82 Å². The highest BCUT2D eigenvalue weighted by atomic mass is 19.2. The van der Waals surface area contributed by atoms with Crippen LogP contribution in [0.1, 0.15) is 33.1 Å². The number of anilines is 1. The van der Waals surface area contributed by atoms with Gasteiger partial charge in [0.15, 0.2) is 11.6 Å². The molecule has 1 heterocycles. The Kier molecular flexibility index (Phi) is 5.51. The van der Waals surface area contributed by atoms with Gasteiger partial charge in [-0.15, -0.1) is 0 Å². The van der Waals surface area contributed by atoms with Gasteiger partial charge in [0.05, 0.1) is 5.69 Å². The Morgan fingerprint density at radius 1 is 1.24 bits per heavy atom. The number of nitrogens with zero attached hydrogens (tertiary/aromatic N) is 1. The first-order valence-electron chi connectivity index (χ1n) is 7.64. The van der Waals surface area contributed by atoms with Crippen LogP contribution in [0.3, 0.4) is 0 Å². The summed E-state index contributed by atoms with van der Waals surface area (Å²) in [4.78, 5) is 2.42. The predicted octanol–water partition coefficient (Wildman–Crippen LogP) is 4.03. The van der Waals surface area contributed by atoms with Gasteiger partial charge in [0.25, 0.3) is 0 Å². The van der Waals surface area contributed by atoms with Gasteiger partial charge in [-0.1, -0.05) is 6.92 Å². The zero-order valence-corrected chi connectivity index (χ0v) is 12.6. The van der Waals surface area contributed by atoms with E-state index in [0.29, 0.717) is 12.0 Å². The van der Waals surface area contributed by atoms with Crippen molar-refractivity contribution >= 4 is 5.69 Å². The minimum atomic E-state index is -1.15. The second-order valence-electron chi connectivity index (χ2n) is 5.86. The molecule has 1 fully saturated rings. The van der Waals surface area contributed by atoms with E-state index >= 15 is 0 Å². The summed E-state index contributed by atoms with van der Waals surface area (Å²) in [6.45, 7) is 7.28. The third-order valence-corrected chi connectivity index (χ3v) is 4.26. The number of benzene rings is 1. The maximum absolute atomic E-state index is 13.7. The highest BCUT2D eigenvalue weighted by molar-refractivity contribution is 5.46. The largest absolute Gasteiger partial charge is 0.380 e. The van der Waals surface area contributed by atoms with Gasteiger partial charge in [-0.3, -0.25) is 0 Å². The number of likely N-dealkylation sites (tertiary alicyclic amines) is 1. The molecule has 1 aliphatic heterocycles. The maximum atomic E-state index is 13.7. The molecule has 0 bridgehead atoms. The van der Waals surface area contributed by atoms with Crippen LogP contribution in [-0.2, 0) is 0 Å². The summed E-state index contributed by atoms with van der Waals surface area (Å²) >= 11 is 0. The van der Waals surface area contributed by atoms with Crippen LogP contribution in [-0.4, -0.2) is 30.6 Å². The minimum Gasteiger partial charge on any atom is -0.380 e. The molecule has 0 spiro atoms. The van der Waals surface area contributed by atoms with Gasteiger partial charge < -0.3 is 10.2 Å². The predicted molar refractivity (Wildman–Crippen MR) is 78.9 cm³/mol. The van der Waals surface area contributed by atoms with E-state index in [0.717, 1.165) is 45.0 Å². The topological polar surface area (TPSA) is 15.3 Å². The SMILES string of the molecule is CCCN1CCC(C(C)Nc2cc(F)cc(F)c2F)CC1. The lowest BCUT2D eigenvalue weighted by Crippen LogP contribution is -2.39. The first kappa shape index (κ1) is 16.1. The van der Waals surface area contributed by atoms with Crippen molar-refractivity contribution in [3.8, 4) is 0 Å². The molecular weight excluding hydrogens is 277 g/mol. The molecular formula is C16H23F3N2. The van der Waals surface area contributed by atoms with Gasteiger partial charge in [-0.05, 0) is 51.7 Å². The molecule has 1 aliphatic rings. The lowest BCUT2D eigenvalue weighted by Gasteiger charge is -2.35. The Morgan fingerprint density at radius 3 is 2.52 bits per heavy atom. The van der Waals surface area contributed by atoms with Crippen molar-refractivity contribution in [1.82, 2.24) is 4.90 Å². The van der Waals surface area contributed by atoms with Gasteiger partial charge in [0, 0.05) is 18.2 Å². The monoisotopic (exact) mass is 300 g/mol. The van der Waals surface area contributed by atoms with Crippen molar-refractivity contribution in [1.29, 1.82) is 0 Å². The van der Waals surface area contributed by atoms with Crippen molar-refractivity contribution in [2.45, 2.75) is 39.2 Å². The molecule has 1 atom stereocenters. The van der Waals surface area contributed by atoms with E-state index in [4.69, 9.17) is 0 Å². The van der Waals surface area contributed by atoms with Crippen molar-refractivity contribution in [2.24, 2.45) is 5.92 Å². The van der Waals surface area contributed by atoms with Crippen LogP contribution in [0, 0.1) is 23.4 Å². The molecule has 21 heavy (non-hydrogen) atoms. The van der Waals surface area contributed by atoms with E-state index in [2.05, 4.69) is 17.1 Å². The molecule has 118 valence electrons. The molecule has 1 N–H and O–H groups in total. The van der Waals surface area contributed by atoms with Crippen LogP contribution in [0.2, 0.25) is 0 Å². The van der Waals surface area contributed by atoms with Crippen molar-refractivity contribution in [2.75, 3.05) is 25.0 Å². The summed E-state index contributed by atoms with van der Waals surface area (Å²) in [6, 6.07) is 1.57. The second-order valence-corrected chi connectivity index (χ2v) is 5.86. The van der Waals surface area contributed by atoms with Crippen LogP contribution in [0.25, 0.3) is 0 Å². The molecule has 0 aliphatic carbocycles. The lowest BCUT2D eigenvalue weighted by atomic mass is 9.90. The molecule has 1 aromatic rings. The fourth-order valence-electron chi connectivity index (χ4n) is 3.02. The summed E-state index contributed by atoms with van der Waals surface area (Å²) in [6.07, 6.45) is 3.19. The third-order valence-electron chi connectivity index (χ3n) is 4.26. The highest BCUT2D eigenvalue weighted by Gasteiger charge is 2.24. The maximum Gasteiger partial charge on any atom is 0.182 e. The highest BCUT2D eigenvalue weighted by Crippen LogP contribution is 2.26. The summed E-state index contributed by atoms with van der Waals surface area (Å²) in [5.74, 6) is -2.53. The van der Waals surface area contributed by atoms with E-state index in [1.165, 1.54) is 0 Å². The molecule has 2 rings (SSSR count). The summed E-state index contributed by atoms with van der Waals surface area (Å²) in [5, 5.41) is 2.93. The van der Waals surface area contributed by atoms with Crippen LogP contribution in [0.4, 0.5) is 18.9 Å². The molecule has 0 amide bonds. The van der Waals surface area contributed by atoms with E-state index in [1.807, 2.05) is 6.92 Å². The second kappa shape index (κ2) is 7.16. The number of piperidine rings is 1. The summed E-state index contributed by atoms with van der Waals surface area (Å²) < 4.78 is 40.0. The fourth-order valence-corrected chi connectivity index (χ4v) is 3.02. The van der Waals surface area contributed by atoms with Gasteiger partial charge in [-0.25, -0.2) is 13.2 Å². The smallest absolute Gasteiger partial charge is 0.182 e. The number of halogens is 3. The first-order valence-corrected chi connectivity index (χ1v) is 7.64. The zero-order chi connectivity index (χ0) is 15.4. The van der Waals surface area contributed by atoms with Crippen molar-refractivity contribution in [3.05, 3.63) is 29.6 Å². The Morgan fingerprint density at radius 2 is 1.90 bits per heavy atom. The molecule has 2 nitrogen and oxygen atoms in total. The molecule has 1 unspecified atom stereocenters.